The second-order valence-corrected chi connectivity index (χ2v) is 5.59. The van der Waals surface area contributed by atoms with E-state index in [2.05, 4.69) is 10.7 Å². The van der Waals surface area contributed by atoms with E-state index >= 15 is 0 Å². The zero-order valence-corrected chi connectivity index (χ0v) is 11.6. The molecule has 0 saturated heterocycles. The Hall–Kier alpha value is -2.35. The van der Waals surface area contributed by atoms with Crippen LogP contribution in [-0.2, 0) is 14.8 Å². The van der Waals surface area contributed by atoms with Crippen molar-refractivity contribution in [3.63, 3.8) is 0 Å². The lowest BCUT2D eigenvalue weighted by Gasteiger charge is -2.16. The topological polar surface area (TPSA) is 87.5 Å². The molecule has 0 aliphatic heterocycles. The number of methoxy groups -OCH3 is 1. The number of hydrogen-bond donors (Lipinski definition) is 0. The molecule has 0 aliphatic carbocycles. The molecule has 0 unspecified atom stereocenters. The summed E-state index contributed by atoms with van der Waals surface area (Å²) in [4.78, 5) is 11.3. The Labute approximate surface area is 117 Å². The van der Waals surface area contributed by atoms with Crippen LogP contribution in [0.4, 0.5) is 0 Å². The number of carbonyl (C=O) groups excluding carboxylic acids is 1. The Morgan fingerprint density at radius 2 is 2.15 bits per heavy atom. The van der Waals surface area contributed by atoms with E-state index in [1.165, 1.54) is 31.4 Å². The van der Waals surface area contributed by atoms with Crippen molar-refractivity contribution in [2.45, 2.75) is 4.90 Å². The van der Waals surface area contributed by atoms with Gasteiger partial charge in [-0.05, 0) is 18.2 Å². The van der Waals surface area contributed by atoms with Crippen LogP contribution in [-0.4, -0.2) is 38.9 Å². The van der Waals surface area contributed by atoms with Gasteiger partial charge >= 0.3 is 5.97 Å². The van der Waals surface area contributed by atoms with E-state index in [0.29, 0.717) is 0 Å². The molecular weight excluding hydrogens is 280 g/mol. The van der Waals surface area contributed by atoms with E-state index in [4.69, 9.17) is 11.7 Å². The van der Waals surface area contributed by atoms with Crippen molar-refractivity contribution in [3.05, 3.63) is 29.8 Å². The van der Waals surface area contributed by atoms with Gasteiger partial charge in [-0.15, -0.1) is 6.42 Å². The van der Waals surface area contributed by atoms with Crippen LogP contribution in [0.1, 0.15) is 10.4 Å². The van der Waals surface area contributed by atoms with Gasteiger partial charge in [0.15, 0.2) is 0 Å². The molecular formula is C13H12N2O4S. The fourth-order valence-electron chi connectivity index (χ4n) is 1.46. The highest BCUT2D eigenvalue weighted by Gasteiger charge is 2.24. The van der Waals surface area contributed by atoms with Crippen molar-refractivity contribution in [2.24, 2.45) is 0 Å². The summed E-state index contributed by atoms with van der Waals surface area (Å²) < 4.78 is 30.0. The largest absolute Gasteiger partial charge is 0.465 e. The van der Waals surface area contributed by atoms with Crippen molar-refractivity contribution in [2.75, 3.05) is 20.2 Å². The highest BCUT2D eigenvalue weighted by Crippen LogP contribution is 2.17. The van der Waals surface area contributed by atoms with Crippen molar-refractivity contribution < 1.29 is 17.9 Å². The number of benzene rings is 1. The predicted octanol–water partition coefficient (Wildman–Crippen LogP) is 0.621. The summed E-state index contributed by atoms with van der Waals surface area (Å²) >= 11 is 0. The number of rotatable bonds is 5. The average molecular weight is 292 g/mol. The summed E-state index contributed by atoms with van der Waals surface area (Å²) in [6.45, 7) is -0.590. The number of ether oxygens (including phenoxy) is 1. The first kappa shape index (κ1) is 15.7. The van der Waals surface area contributed by atoms with Gasteiger partial charge < -0.3 is 4.74 Å². The molecule has 1 aromatic carbocycles. The zero-order chi connectivity index (χ0) is 15.2. The monoisotopic (exact) mass is 292 g/mol. The fourth-order valence-corrected chi connectivity index (χ4v) is 2.75. The molecule has 6 nitrogen and oxygen atoms in total. The molecule has 104 valence electrons. The molecule has 0 fully saturated rings. The second-order valence-electron chi connectivity index (χ2n) is 3.65. The van der Waals surface area contributed by atoms with E-state index in [-0.39, 0.29) is 23.5 Å². The molecule has 0 radical (unpaired) electrons. The summed E-state index contributed by atoms with van der Waals surface area (Å²) in [5.74, 6) is 1.53. The number of nitriles is 1. The number of terminal acetylenes is 1. The number of esters is 1. The average Bonchev–Trinajstić information content (AvgIpc) is 2.46. The SMILES string of the molecule is C#CCN(CC#N)S(=O)(=O)c1cccc(C(=O)OC)c1. The maximum Gasteiger partial charge on any atom is 0.337 e. The van der Waals surface area contributed by atoms with Crippen LogP contribution in [0.25, 0.3) is 0 Å². The van der Waals surface area contributed by atoms with Crippen LogP contribution >= 0.6 is 0 Å². The van der Waals surface area contributed by atoms with Crippen LogP contribution in [0.3, 0.4) is 0 Å². The quantitative estimate of drug-likeness (QED) is 0.451. The highest BCUT2D eigenvalue weighted by atomic mass is 32.2. The third kappa shape index (κ3) is 3.35. The lowest BCUT2D eigenvalue weighted by Crippen LogP contribution is -2.32. The summed E-state index contributed by atoms with van der Waals surface area (Å²) in [7, 11) is -2.73. The van der Waals surface area contributed by atoms with Crippen molar-refractivity contribution >= 4 is 16.0 Å². The zero-order valence-electron chi connectivity index (χ0n) is 10.7. The molecule has 0 heterocycles. The van der Waals surface area contributed by atoms with Crippen LogP contribution in [0, 0.1) is 23.7 Å². The standard InChI is InChI=1S/C13H12N2O4S/c1-3-8-15(9-7-14)20(17,18)12-6-4-5-11(10-12)13(16)19-2/h1,4-6,10H,8-9H2,2H3. The first-order chi connectivity index (χ1) is 9.47. The van der Waals surface area contributed by atoms with Crippen molar-refractivity contribution in [3.8, 4) is 18.4 Å². The van der Waals surface area contributed by atoms with E-state index in [9.17, 15) is 13.2 Å². The lowest BCUT2D eigenvalue weighted by atomic mass is 10.2. The molecule has 0 aromatic heterocycles. The van der Waals surface area contributed by atoms with Gasteiger partial charge in [-0.3, -0.25) is 0 Å². The van der Waals surface area contributed by atoms with Crippen molar-refractivity contribution in [1.29, 1.82) is 5.26 Å². The maximum atomic E-state index is 12.3. The minimum atomic E-state index is -3.93. The lowest BCUT2D eigenvalue weighted by molar-refractivity contribution is 0.0600. The molecule has 1 aromatic rings. The molecule has 0 N–H and O–H groups in total. The van der Waals surface area contributed by atoms with Gasteiger partial charge in [0.2, 0.25) is 10.0 Å². The second kappa shape index (κ2) is 6.71. The van der Waals surface area contributed by atoms with Gasteiger partial charge in [-0.1, -0.05) is 12.0 Å². The molecule has 0 aliphatic rings. The minimum Gasteiger partial charge on any atom is -0.465 e. The van der Waals surface area contributed by atoms with Gasteiger partial charge in [0.1, 0.15) is 6.54 Å². The normalized spacial score (nSPS) is 10.6. The molecule has 0 amide bonds. The van der Waals surface area contributed by atoms with Crippen LogP contribution in [0.5, 0.6) is 0 Å². The van der Waals surface area contributed by atoms with Crippen LogP contribution in [0.2, 0.25) is 0 Å². The Morgan fingerprint density at radius 3 is 2.70 bits per heavy atom. The molecule has 0 atom stereocenters. The predicted molar refractivity (Wildman–Crippen MR) is 71.0 cm³/mol. The van der Waals surface area contributed by atoms with Gasteiger partial charge in [0, 0.05) is 0 Å². The minimum absolute atomic E-state index is 0.103. The highest BCUT2D eigenvalue weighted by molar-refractivity contribution is 7.89. The molecule has 1 rings (SSSR count). The maximum absolute atomic E-state index is 12.3. The first-order valence-electron chi connectivity index (χ1n) is 5.46. The smallest absolute Gasteiger partial charge is 0.337 e. The molecule has 0 bridgehead atoms. The number of sulfonamides is 1. The fraction of sp³-hybridized carbons (Fsp3) is 0.231. The molecule has 20 heavy (non-hydrogen) atoms. The molecule has 7 heteroatoms. The molecule has 0 spiro atoms. The Kier molecular flexibility index (Phi) is 5.27. The summed E-state index contributed by atoms with van der Waals surface area (Å²) in [6.07, 6.45) is 5.09. The van der Waals surface area contributed by atoms with E-state index in [1.807, 2.05) is 0 Å². The number of hydrogen-bond acceptors (Lipinski definition) is 5. The van der Waals surface area contributed by atoms with Gasteiger partial charge in [-0.25, -0.2) is 13.2 Å². The number of carbonyl (C=O) groups is 1. The van der Waals surface area contributed by atoms with E-state index in [1.54, 1.807) is 6.07 Å². The van der Waals surface area contributed by atoms with E-state index < -0.39 is 16.0 Å². The van der Waals surface area contributed by atoms with Crippen LogP contribution in [0.15, 0.2) is 29.2 Å². The van der Waals surface area contributed by atoms with Gasteiger partial charge in [0.05, 0.1) is 30.2 Å². The van der Waals surface area contributed by atoms with Crippen LogP contribution < -0.4 is 0 Å². The third-order valence-corrected chi connectivity index (χ3v) is 4.20. The Balaban J connectivity index is 3.25. The molecule has 0 saturated carbocycles. The van der Waals surface area contributed by atoms with Crippen molar-refractivity contribution in [1.82, 2.24) is 4.31 Å². The Bertz CT molecular complexity index is 667. The number of nitrogens with zero attached hydrogens (tertiary/aromatic N) is 2. The third-order valence-electron chi connectivity index (χ3n) is 2.41. The Morgan fingerprint density at radius 1 is 1.45 bits per heavy atom. The van der Waals surface area contributed by atoms with Gasteiger partial charge in [-0.2, -0.15) is 9.57 Å². The van der Waals surface area contributed by atoms with Gasteiger partial charge in [0.25, 0.3) is 0 Å². The first-order valence-corrected chi connectivity index (χ1v) is 6.90. The summed E-state index contributed by atoms with van der Waals surface area (Å²) in [5, 5.41) is 8.66. The summed E-state index contributed by atoms with van der Waals surface area (Å²) in [6, 6.07) is 7.09. The summed E-state index contributed by atoms with van der Waals surface area (Å²) in [5.41, 5.74) is 0.103. The van der Waals surface area contributed by atoms with E-state index in [0.717, 1.165) is 4.31 Å².